The number of thioether (sulfide) groups is 1. The minimum atomic E-state index is 0.613. The van der Waals surface area contributed by atoms with Gasteiger partial charge in [0.25, 0.3) is 0 Å². The van der Waals surface area contributed by atoms with Crippen molar-refractivity contribution in [1.29, 1.82) is 0 Å². The van der Waals surface area contributed by atoms with Gasteiger partial charge in [-0.1, -0.05) is 6.92 Å². The van der Waals surface area contributed by atoms with Crippen LogP contribution in [0, 0.1) is 0 Å². The summed E-state index contributed by atoms with van der Waals surface area (Å²) in [6.07, 6.45) is 3.95. The molecule has 1 aromatic heterocycles. The van der Waals surface area contributed by atoms with Gasteiger partial charge in [-0.15, -0.1) is 11.3 Å². The van der Waals surface area contributed by atoms with Crippen LogP contribution in [-0.2, 0) is 6.42 Å². The normalized spacial score (nSPS) is 21.8. The Bertz CT molecular complexity index is 321. The van der Waals surface area contributed by atoms with Crippen LogP contribution >= 0.6 is 23.1 Å². The molecule has 0 aliphatic heterocycles. The molecule has 2 rings (SSSR count). The molecule has 0 amide bonds. The maximum atomic E-state index is 3.78. The van der Waals surface area contributed by atoms with Gasteiger partial charge < -0.3 is 5.32 Å². The highest BCUT2D eigenvalue weighted by molar-refractivity contribution is 7.99. The van der Waals surface area contributed by atoms with Crippen molar-refractivity contribution in [3.63, 3.8) is 0 Å². The van der Waals surface area contributed by atoms with Gasteiger partial charge in [-0.05, 0) is 48.9 Å². The Balaban J connectivity index is 1.92. The van der Waals surface area contributed by atoms with Crippen molar-refractivity contribution in [2.75, 3.05) is 11.5 Å². The number of rotatable bonds is 5. The molecule has 0 bridgehead atoms. The number of hydrogen-bond acceptors (Lipinski definition) is 3. The van der Waals surface area contributed by atoms with Gasteiger partial charge in [-0.25, -0.2) is 0 Å². The summed E-state index contributed by atoms with van der Waals surface area (Å²) in [4.78, 5) is 1.61. The predicted octanol–water partition coefficient (Wildman–Crippen LogP) is 3.86. The second-order valence-corrected chi connectivity index (χ2v) is 6.79. The third kappa shape index (κ3) is 3.02. The highest BCUT2D eigenvalue weighted by atomic mass is 32.2. The lowest BCUT2D eigenvalue weighted by molar-refractivity contribution is 0.429. The molecule has 16 heavy (non-hydrogen) atoms. The highest BCUT2D eigenvalue weighted by Crippen LogP contribution is 2.33. The molecule has 0 spiro atoms. The number of nitrogens with one attached hydrogen (secondary N) is 1. The molecular weight excluding hydrogens is 234 g/mol. The van der Waals surface area contributed by atoms with Gasteiger partial charge in [0.15, 0.2) is 0 Å². The first kappa shape index (κ1) is 12.5. The maximum absolute atomic E-state index is 3.78. The zero-order valence-corrected chi connectivity index (χ0v) is 11.8. The van der Waals surface area contributed by atoms with Gasteiger partial charge >= 0.3 is 0 Å². The maximum Gasteiger partial charge on any atom is 0.0333 e. The molecule has 90 valence electrons. The Hall–Kier alpha value is 0.0100. The molecule has 3 heteroatoms. The summed E-state index contributed by atoms with van der Waals surface area (Å²) in [6, 6.07) is 3.56. The van der Waals surface area contributed by atoms with Crippen molar-refractivity contribution in [3.8, 4) is 0 Å². The third-order valence-corrected chi connectivity index (χ3v) is 5.25. The fourth-order valence-corrected chi connectivity index (χ4v) is 4.02. The van der Waals surface area contributed by atoms with E-state index < -0.39 is 0 Å². The average molecular weight is 255 g/mol. The monoisotopic (exact) mass is 255 g/mol. The minimum absolute atomic E-state index is 0.613. The van der Waals surface area contributed by atoms with Crippen molar-refractivity contribution in [2.45, 2.75) is 45.2 Å². The average Bonchev–Trinajstić information content (AvgIpc) is 2.75. The van der Waals surface area contributed by atoms with E-state index in [0.29, 0.717) is 12.1 Å². The van der Waals surface area contributed by atoms with E-state index in [4.69, 9.17) is 0 Å². The van der Waals surface area contributed by atoms with E-state index in [0.717, 1.165) is 0 Å². The first-order chi connectivity index (χ1) is 7.81. The second-order valence-electron chi connectivity index (χ2n) is 4.47. The summed E-state index contributed by atoms with van der Waals surface area (Å²) in [5.41, 5.74) is 1.57. The molecular formula is C13H21NS2. The molecule has 1 nitrogen and oxygen atoms in total. The molecule has 0 saturated heterocycles. The molecule has 2 atom stereocenters. The van der Waals surface area contributed by atoms with E-state index >= 15 is 0 Å². The zero-order valence-electron chi connectivity index (χ0n) is 10.2. The van der Waals surface area contributed by atoms with Crippen molar-refractivity contribution < 1.29 is 0 Å². The first-order valence-electron chi connectivity index (χ1n) is 6.21. The topological polar surface area (TPSA) is 12.0 Å². The molecule has 1 N–H and O–H groups in total. The van der Waals surface area contributed by atoms with E-state index in [1.54, 1.807) is 10.4 Å². The third-order valence-electron chi connectivity index (χ3n) is 3.11. The summed E-state index contributed by atoms with van der Waals surface area (Å²) in [7, 11) is 0. The Kier molecular flexibility index (Phi) is 4.74. The Labute approximate surface area is 107 Å². The molecule has 1 aliphatic carbocycles. The summed E-state index contributed by atoms with van der Waals surface area (Å²) >= 11 is 3.96. The SMILES string of the molecule is CCSCC(C)NC1CCCc2sccc21. The van der Waals surface area contributed by atoms with Crippen molar-refractivity contribution >= 4 is 23.1 Å². The van der Waals surface area contributed by atoms with Crippen molar-refractivity contribution in [2.24, 2.45) is 0 Å². The molecule has 1 heterocycles. The largest absolute Gasteiger partial charge is 0.307 e. The van der Waals surface area contributed by atoms with Crippen LogP contribution in [0.5, 0.6) is 0 Å². The molecule has 0 fully saturated rings. The van der Waals surface area contributed by atoms with Crippen LogP contribution in [-0.4, -0.2) is 17.5 Å². The van der Waals surface area contributed by atoms with Crippen LogP contribution in [0.1, 0.15) is 43.2 Å². The Morgan fingerprint density at radius 3 is 3.31 bits per heavy atom. The summed E-state index contributed by atoms with van der Waals surface area (Å²) in [6.45, 7) is 4.54. The van der Waals surface area contributed by atoms with Crippen molar-refractivity contribution in [1.82, 2.24) is 5.32 Å². The van der Waals surface area contributed by atoms with E-state index in [1.807, 2.05) is 23.1 Å². The van der Waals surface area contributed by atoms with E-state index in [9.17, 15) is 0 Å². The molecule has 1 aliphatic rings. The standard InChI is InChI=1S/C13H21NS2/c1-3-15-9-10(2)14-12-5-4-6-13-11(12)7-8-16-13/h7-8,10,12,14H,3-6,9H2,1-2H3. The Morgan fingerprint density at radius 1 is 1.62 bits per heavy atom. The quantitative estimate of drug-likeness (QED) is 0.857. The van der Waals surface area contributed by atoms with Crippen LogP contribution in [0.3, 0.4) is 0 Å². The smallest absolute Gasteiger partial charge is 0.0333 e. The summed E-state index contributed by atoms with van der Waals surface area (Å²) in [5, 5.41) is 6.03. The number of thiophene rings is 1. The van der Waals surface area contributed by atoms with Gasteiger partial charge in [0.1, 0.15) is 0 Å². The molecule has 0 radical (unpaired) electrons. The van der Waals surface area contributed by atoms with Crippen LogP contribution < -0.4 is 5.32 Å². The van der Waals surface area contributed by atoms with Crippen molar-refractivity contribution in [3.05, 3.63) is 21.9 Å². The van der Waals surface area contributed by atoms with Gasteiger partial charge in [-0.2, -0.15) is 11.8 Å². The minimum Gasteiger partial charge on any atom is -0.307 e. The molecule has 0 aromatic carbocycles. The van der Waals surface area contributed by atoms with Crippen LogP contribution in [0.15, 0.2) is 11.4 Å². The Morgan fingerprint density at radius 2 is 2.50 bits per heavy atom. The van der Waals surface area contributed by atoms with Gasteiger partial charge in [0, 0.05) is 22.7 Å². The van der Waals surface area contributed by atoms with E-state index in [1.165, 1.54) is 30.8 Å². The molecule has 0 saturated carbocycles. The first-order valence-corrected chi connectivity index (χ1v) is 8.24. The lowest BCUT2D eigenvalue weighted by Crippen LogP contribution is -2.33. The van der Waals surface area contributed by atoms with Gasteiger partial charge in [0.05, 0.1) is 0 Å². The van der Waals surface area contributed by atoms with Crippen LogP contribution in [0.25, 0.3) is 0 Å². The molecule has 2 unspecified atom stereocenters. The van der Waals surface area contributed by atoms with Crippen LogP contribution in [0.2, 0.25) is 0 Å². The number of hydrogen-bond donors (Lipinski definition) is 1. The van der Waals surface area contributed by atoms with E-state index in [2.05, 4.69) is 30.6 Å². The van der Waals surface area contributed by atoms with Gasteiger partial charge in [-0.3, -0.25) is 0 Å². The zero-order chi connectivity index (χ0) is 11.4. The number of fused-ring (bicyclic) bond motifs is 1. The lowest BCUT2D eigenvalue weighted by Gasteiger charge is -2.27. The fourth-order valence-electron chi connectivity index (χ4n) is 2.35. The fraction of sp³-hybridized carbons (Fsp3) is 0.692. The second kappa shape index (κ2) is 6.08. The molecule has 1 aromatic rings. The predicted molar refractivity (Wildman–Crippen MR) is 75.6 cm³/mol. The summed E-state index contributed by atoms with van der Waals surface area (Å²) < 4.78 is 0. The number of aryl methyl sites for hydroxylation is 1. The van der Waals surface area contributed by atoms with E-state index in [-0.39, 0.29) is 0 Å². The highest BCUT2D eigenvalue weighted by Gasteiger charge is 2.21. The van der Waals surface area contributed by atoms with Gasteiger partial charge in [0.2, 0.25) is 0 Å². The van der Waals surface area contributed by atoms with Crippen LogP contribution in [0.4, 0.5) is 0 Å². The lowest BCUT2D eigenvalue weighted by atomic mass is 9.93. The summed E-state index contributed by atoms with van der Waals surface area (Å²) in [5.74, 6) is 2.45.